The first-order chi connectivity index (χ1) is 6.70. The zero-order valence-electron chi connectivity index (χ0n) is 8.72. The van der Waals surface area contributed by atoms with E-state index in [0.717, 1.165) is 37.7 Å². The van der Waals surface area contributed by atoms with Gasteiger partial charge in [0.25, 0.3) is 0 Å². The van der Waals surface area contributed by atoms with E-state index in [9.17, 15) is 4.79 Å². The molecule has 1 heteroatoms. The maximum absolute atomic E-state index is 11.8. The molecule has 0 heterocycles. The van der Waals surface area contributed by atoms with Crippen molar-refractivity contribution >= 4 is 5.78 Å². The third-order valence-electron chi connectivity index (χ3n) is 3.70. The maximum Gasteiger partial charge on any atom is 0.140 e. The standard InChI is InChI=1S/C13H18O/c1-9-7-8-12-10(2)11(9)5-3-4-6-13(12)14/h11-12H,1-8H2. The molecule has 2 saturated carbocycles. The number of carbonyl (C=O) groups excluding carboxylic acids is 1. The van der Waals surface area contributed by atoms with Crippen molar-refractivity contribution in [3.8, 4) is 0 Å². The van der Waals surface area contributed by atoms with E-state index < -0.39 is 0 Å². The van der Waals surface area contributed by atoms with E-state index in [0.29, 0.717) is 11.7 Å². The molecule has 0 aromatic rings. The van der Waals surface area contributed by atoms with Gasteiger partial charge in [0, 0.05) is 18.3 Å². The fourth-order valence-electron chi connectivity index (χ4n) is 2.77. The SMILES string of the molecule is C=C1CCC2C(=C)C1CCCCC2=O. The summed E-state index contributed by atoms with van der Waals surface area (Å²) in [6.45, 7) is 8.23. The minimum Gasteiger partial charge on any atom is -0.299 e. The van der Waals surface area contributed by atoms with E-state index in [4.69, 9.17) is 0 Å². The minimum atomic E-state index is 0.158. The molecule has 0 aliphatic heterocycles. The zero-order chi connectivity index (χ0) is 10.1. The molecular weight excluding hydrogens is 172 g/mol. The van der Waals surface area contributed by atoms with Crippen molar-refractivity contribution in [3.05, 3.63) is 24.3 Å². The first-order valence-electron chi connectivity index (χ1n) is 5.59. The van der Waals surface area contributed by atoms with Crippen LogP contribution >= 0.6 is 0 Å². The van der Waals surface area contributed by atoms with Crippen LogP contribution < -0.4 is 0 Å². The van der Waals surface area contributed by atoms with Crippen molar-refractivity contribution in [3.63, 3.8) is 0 Å². The number of allylic oxidation sites excluding steroid dienone is 2. The molecule has 0 amide bonds. The fraction of sp³-hybridized carbons (Fsp3) is 0.615. The van der Waals surface area contributed by atoms with Crippen LogP contribution in [0.3, 0.4) is 0 Å². The molecule has 0 N–H and O–H groups in total. The summed E-state index contributed by atoms with van der Waals surface area (Å²) in [7, 11) is 0. The number of fused-ring (bicyclic) bond motifs is 2. The molecule has 0 saturated heterocycles. The summed E-state index contributed by atoms with van der Waals surface area (Å²) in [5, 5.41) is 0. The number of hydrogen-bond donors (Lipinski definition) is 0. The largest absolute Gasteiger partial charge is 0.299 e. The van der Waals surface area contributed by atoms with Gasteiger partial charge in [0.1, 0.15) is 5.78 Å². The third kappa shape index (κ3) is 1.56. The Hall–Kier alpha value is -0.850. The van der Waals surface area contributed by atoms with Gasteiger partial charge in [0.2, 0.25) is 0 Å². The third-order valence-corrected chi connectivity index (χ3v) is 3.70. The Morgan fingerprint density at radius 1 is 1.00 bits per heavy atom. The molecule has 2 bridgehead atoms. The molecule has 76 valence electrons. The van der Waals surface area contributed by atoms with Gasteiger partial charge in [-0.15, -0.1) is 0 Å². The van der Waals surface area contributed by atoms with Gasteiger partial charge < -0.3 is 0 Å². The van der Waals surface area contributed by atoms with Gasteiger partial charge in [-0.05, 0) is 25.7 Å². The van der Waals surface area contributed by atoms with Crippen molar-refractivity contribution in [2.24, 2.45) is 11.8 Å². The molecule has 2 atom stereocenters. The Kier molecular flexibility index (Phi) is 2.58. The second-order valence-corrected chi connectivity index (χ2v) is 4.59. The average molecular weight is 190 g/mol. The van der Waals surface area contributed by atoms with Gasteiger partial charge in [0.15, 0.2) is 0 Å². The summed E-state index contributed by atoms with van der Waals surface area (Å²) >= 11 is 0. The van der Waals surface area contributed by atoms with Crippen LogP contribution in [-0.2, 0) is 4.79 Å². The lowest BCUT2D eigenvalue weighted by atomic mass is 9.69. The molecule has 0 spiro atoms. The van der Waals surface area contributed by atoms with Crippen molar-refractivity contribution < 1.29 is 4.79 Å². The highest BCUT2D eigenvalue weighted by Gasteiger charge is 2.33. The lowest BCUT2D eigenvalue weighted by Gasteiger charge is -2.34. The van der Waals surface area contributed by atoms with Crippen molar-refractivity contribution in [1.29, 1.82) is 0 Å². The second kappa shape index (κ2) is 3.72. The van der Waals surface area contributed by atoms with Gasteiger partial charge in [-0.2, -0.15) is 0 Å². The van der Waals surface area contributed by atoms with E-state index in [1.54, 1.807) is 0 Å². The smallest absolute Gasteiger partial charge is 0.140 e. The highest BCUT2D eigenvalue weighted by Crippen LogP contribution is 2.41. The Bertz CT molecular complexity index is 284. The molecule has 2 unspecified atom stereocenters. The molecule has 1 nitrogen and oxygen atoms in total. The quantitative estimate of drug-likeness (QED) is 0.536. The first-order valence-corrected chi connectivity index (χ1v) is 5.59. The molecule has 14 heavy (non-hydrogen) atoms. The Labute approximate surface area is 85.9 Å². The van der Waals surface area contributed by atoms with Gasteiger partial charge in [-0.1, -0.05) is 30.7 Å². The van der Waals surface area contributed by atoms with Crippen LogP contribution in [0, 0.1) is 11.8 Å². The van der Waals surface area contributed by atoms with Crippen LogP contribution in [0.25, 0.3) is 0 Å². The van der Waals surface area contributed by atoms with E-state index in [1.807, 2.05) is 0 Å². The topological polar surface area (TPSA) is 17.1 Å². The molecule has 2 aliphatic carbocycles. The summed E-state index contributed by atoms with van der Waals surface area (Å²) in [6.07, 6.45) is 6.14. The van der Waals surface area contributed by atoms with Crippen LogP contribution in [0.1, 0.15) is 38.5 Å². The average Bonchev–Trinajstić information content (AvgIpc) is 2.15. The minimum absolute atomic E-state index is 0.158. The Morgan fingerprint density at radius 2 is 1.79 bits per heavy atom. The molecule has 0 aromatic heterocycles. The van der Waals surface area contributed by atoms with Crippen molar-refractivity contribution in [2.45, 2.75) is 38.5 Å². The molecular formula is C13H18O. The summed E-state index contributed by atoms with van der Waals surface area (Å²) in [5.74, 6) is 1.02. The first kappa shape index (κ1) is 9.70. The van der Waals surface area contributed by atoms with Gasteiger partial charge >= 0.3 is 0 Å². The number of Topliss-reactive ketones (excluding diaryl/α,β-unsaturated/α-hetero) is 1. The van der Waals surface area contributed by atoms with Crippen molar-refractivity contribution in [2.75, 3.05) is 0 Å². The van der Waals surface area contributed by atoms with E-state index in [-0.39, 0.29) is 5.92 Å². The van der Waals surface area contributed by atoms with Crippen LogP contribution in [0.15, 0.2) is 24.3 Å². The van der Waals surface area contributed by atoms with E-state index in [2.05, 4.69) is 13.2 Å². The highest BCUT2D eigenvalue weighted by molar-refractivity contribution is 5.84. The molecule has 2 fully saturated rings. The van der Waals surface area contributed by atoms with Crippen LogP contribution in [0.4, 0.5) is 0 Å². The summed E-state index contributed by atoms with van der Waals surface area (Å²) < 4.78 is 0. The lowest BCUT2D eigenvalue weighted by Crippen LogP contribution is -2.28. The number of hydrogen-bond acceptors (Lipinski definition) is 1. The zero-order valence-corrected chi connectivity index (χ0v) is 8.72. The monoisotopic (exact) mass is 190 g/mol. The lowest BCUT2D eigenvalue weighted by molar-refractivity contribution is -0.122. The normalized spacial score (nSPS) is 33.9. The van der Waals surface area contributed by atoms with E-state index in [1.165, 1.54) is 12.0 Å². The van der Waals surface area contributed by atoms with Gasteiger partial charge in [0.05, 0.1) is 0 Å². The van der Waals surface area contributed by atoms with Crippen molar-refractivity contribution in [1.82, 2.24) is 0 Å². The summed E-state index contributed by atoms with van der Waals surface area (Å²) in [6, 6.07) is 0. The molecule has 0 aromatic carbocycles. The molecule has 2 rings (SSSR count). The molecule has 2 aliphatic rings. The number of carbonyl (C=O) groups is 1. The predicted molar refractivity (Wildman–Crippen MR) is 58.0 cm³/mol. The maximum atomic E-state index is 11.8. The fourth-order valence-corrected chi connectivity index (χ4v) is 2.77. The summed E-state index contributed by atoms with van der Waals surface area (Å²) in [4.78, 5) is 11.8. The Balaban J connectivity index is 2.24. The number of ketones is 1. The van der Waals surface area contributed by atoms with E-state index >= 15 is 0 Å². The second-order valence-electron chi connectivity index (χ2n) is 4.59. The highest BCUT2D eigenvalue weighted by atomic mass is 16.1. The summed E-state index contributed by atoms with van der Waals surface area (Å²) in [5.41, 5.74) is 2.46. The van der Waals surface area contributed by atoms with Crippen LogP contribution in [-0.4, -0.2) is 5.78 Å². The number of rotatable bonds is 0. The van der Waals surface area contributed by atoms with Gasteiger partial charge in [-0.3, -0.25) is 4.79 Å². The van der Waals surface area contributed by atoms with Gasteiger partial charge in [-0.25, -0.2) is 0 Å². The predicted octanol–water partition coefficient (Wildman–Crippen LogP) is 3.27. The molecule has 0 radical (unpaired) electrons. The van der Waals surface area contributed by atoms with Crippen LogP contribution in [0.5, 0.6) is 0 Å². The Morgan fingerprint density at radius 3 is 2.57 bits per heavy atom. The van der Waals surface area contributed by atoms with Crippen LogP contribution in [0.2, 0.25) is 0 Å².